The van der Waals surface area contributed by atoms with Crippen LogP contribution in [0.3, 0.4) is 0 Å². The number of halogens is 2. The average molecular weight is 381 g/mol. The summed E-state index contributed by atoms with van der Waals surface area (Å²) in [6.07, 6.45) is 3.99. The van der Waals surface area contributed by atoms with Crippen LogP contribution in [0, 0.1) is 0 Å². The summed E-state index contributed by atoms with van der Waals surface area (Å²) < 4.78 is 4.80. The molecule has 0 saturated heterocycles. The fourth-order valence-corrected chi connectivity index (χ4v) is 0.381. The number of hydrogen-bond acceptors (Lipinski definition) is 2. The predicted molar refractivity (Wildman–Crippen MR) is 49.0 cm³/mol. The molecule has 5 heteroatoms. The predicted octanol–water partition coefficient (Wildman–Crippen LogP) is 2.09. The number of allylic oxidation sites excluding steroid dienone is 1. The monoisotopic (exact) mass is 380 g/mol. The van der Waals surface area contributed by atoms with E-state index in [1.165, 1.54) is 0 Å². The van der Waals surface area contributed by atoms with Crippen molar-refractivity contribution in [3.05, 3.63) is 12.7 Å². The summed E-state index contributed by atoms with van der Waals surface area (Å²) in [4.78, 5) is 0. The van der Waals surface area contributed by atoms with Crippen LogP contribution in [-0.2, 0) is 15.5 Å². The van der Waals surface area contributed by atoms with Gasteiger partial charge < -0.3 is 5.73 Å². The van der Waals surface area contributed by atoms with Gasteiger partial charge in [-0.2, -0.15) is 0 Å². The van der Waals surface area contributed by atoms with Crippen molar-refractivity contribution in [2.24, 2.45) is 10.0 Å². The first kappa shape index (κ1) is 14.5. The van der Waals surface area contributed by atoms with E-state index in [-0.39, 0.29) is 0 Å². The van der Waals surface area contributed by atoms with Gasteiger partial charge in [0.1, 0.15) is 0 Å². The Bertz CT molecular complexity index is 85.9. The van der Waals surface area contributed by atoms with Crippen LogP contribution < -0.4 is 10.0 Å². The number of nitrogens with two attached hydrogens (primary N) is 2. The van der Waals surface area contributed by atoms with Gasteiger partial charge in [0.2, 0.25) is 0 Å². The molecule has 0 aliphatic carbocycles. The van der Waals surface area contributed by atoms with Crippen LogP contribution in [0.5, 0.6) is 0 Å². The summed E-state index contributed by atoms with van der Waals surface area (Å²) in [6.45, 7) is 5.58. The Morgan fingerprint density at radius 3 is 2.09 bits per heavy atom. The van der Waals surface area contributed by atoms with Crippen LogP contribution in [0.15, 0.2) is 12.7 Å². The quantitative estimate of drug-likeness (QED) is 0.736. The van der Waals surface area contributed by atoms with E-state index in [0.717, 1.165) is 12.8 Å². The van der Waals surface area contributed by atoms with Gasteiger partial charge in [0.15, 0.2) is 0 Å². The Labute approximate surface area is 82.6 Å². The fraction of sp³-hybridized carbons (Fsp3) is 0.667. The van der Waals surface area contributed by atoms with E-state index in [1.54, 1.807) is 0 Å². The van der Waals surface area contributed by atoms with Gasteiger partial charge in [-0.3, -0.25) is 0 Å². The Balaban J connectivity index is 0. The topological polar surface area (TPSA) is 52.0 Å². The standard InChI is InChI=1S/C6H13N.2ClH.H2N.Pt/c1-3-4-5-6(2)7;;;;/h3,6H,1,4-5,7H2,2H3;2*1H;1H2;/q;;;-1;+3/p-2. The van der Waals surface area contributed by atoms with E-state index in [9.17, 15) is 0 Å². The van der Waals surface area contributed by atoms with E-state index in [4.69, 9.17) is 28.9 Å². The third-order valence-corrected chi connectivity index (χ3v) is 0.826. The van der Waals surface area contributed by atoms with Crippen molar-refractivity contribution in [3.63, 3.8) is 0 Å². The second-order valence-electron chi connectivity index (χ2n) is 2.03. The first-order chi connectivity index (χ1) is 5.00. The molecule has 0 bridgehead atoms. The van der Waals surface area contributed by atoms with Gasteiger partial charge in [-0.1, -0.05) is 6.08 Å². The molecule has 0 aliphatic heterocycles. The first-order valence-electron chi connectivity index (χ1n) is 3.06. The number of hydrogen-bond donors (Lipinski definition) is 2. The van der Waals surface area contributed by atoms with Crippen LogP contribution in [0.2, 0.25) is 0 Å². The second-order valence-corrected chi connectivity index (χ2v) is 8.56. The van der Waals surface area contributed by atoms with E-state index in [1.807, 2.05) is 13.0 Å². The van der Waals surface area contributed by atoms with Crippen LogP contribution in [0.25, 0.3) is 0 Å². The molecule has 0 amide bonds. The molecule has 1 atom stereocenters. The summed E-state index contributed by atoms with van der Waals surface area (Å²) in [5, 5.41) is 0. The van der Waals surface area contributed by atoms with Crippen LogP contribution in [0.4, 0.5) is 0 Å². The molecule has 4 N–H and O–H groups in total. The molecule has 0 aromatic carbocycles. The van der Waals surface area contributed by atoms with Gasteiger partial charge in [0, 0.05) is 6.04 Å². The van der Waals surface area contributed by atoms with E-state index in [0.29, 0.717) is 6.04 Å². The molecule has 0 radical (unpaired) electrons. The van der Waals surface area contributed by atoms with Crippen molar-refractivity contribution in [3.8, 4) is 0 Å². The Kier molecular flexibility index (Phi) is 14.4. The van der Waals surface area contributed by atoms with E-state index in [2.05, 4.69) is 6.58 Å². The van der Waals surface area contributed by atoms with Gasteiger partial charge in [0.05, 0.1) is 0 Å². The van der Waals surface area contributed by atoms with Crippen molar-refractivity contribution in [2.75, 3.05) is 0 Å². The fourth-order valence-electron chi connectivity index (χ4n) is 0.381. The summed E-state index contributed by atoms with van der Waals surface area (Å²) in [5.74, 6) is 0. The molecular formula is C6H15Cl2N2Pt. The zero-order valence-corrected chi connectivity index (χ0v) is 10.3. The maximum absolute atomic E-state index is 5.43. The molecule has 11 heavy (non-hydrogen) atoms. The van der Waals surface area contributed by atoms with E-state index >= 15 is 0 Å². The van der Waals surface area contributed by atoms with Crippen LogP contribution in [0.1, 0.15) is 19.8 Å². The molecule has 73 valence electrons. The van der Waals surface area contributed by atoms with Crippen molar-refractivity contribution in [1.29, 1.82) is 0 Å². The molecule has 0 saturated carbocycles. The zero-order valence-electron chi connectivity index (χ0n) is 6.50. The van der Waals surface area contributed by atoms with E-state index < -0.39 is 15.5 Å². The van der Waals surface area contributed by atoms with Crippen LogP contribution >= 0.6 is 18.8 Å². The normalized spacial score (nSPS) is 12.6. The summed E-state index contributed by atoms with van der Waals surface area (Å²) in [5.41, 5.74) is 5.43. The molecule has 0 heterocycles. The van der Waals surface area contributed by atoms with Crippen LogP contribution in [-0.4, -0.2) is 6.04 Å². The summed E-state index contributed by atoms with van der Waals surface area (Å²) in [6, 6.07) is 0.331. The van der Waals surface area contributed by atoms with Crippen molar-refractivity contribution < 1.29 is 15.5 Å². The third-order valence-electron chi connectivity index (χ3n) is 0.826. The Morgan fingerprint density at radius 2 is 2.00 bits per heavy atom. The zero-order chi connectivity index (χ0) is 9.28. The van der Waals surface area contributed by atoms with Crippen molar-refractivity contribution >= 4 is 18.8 Å². The molecular weight excluding hydrogens is 366 g/mol. The average Bonchev–Trinajstić information content (AvgIpc) is 1.82. The molecule has 0 aromatic heterocycles. The Hall–Kier alpha value is 0.928. The van der Waals surface area contributed by atoms with Crippen molar-refractivity contribution in [1.82, 2.24) is 0 Å². The third kappa shape index (κ3) is 35.9. The molecule has 1 unspecified atom stereocenters. The second kappa shape index (κ2) is 10.9. The molecule has 0 spiro atoms. The van der Waals surface area contributed by atoms with Crippen molar-refractivity contribution in [2.45, 2.75) is 25.8 Å². The summed E-state index contributed by atoms with van der Waals surface area (Å²) in [7, 11) is 9.95. The minimum absolute atomic E-state index is 0.331. The minimum atomic E-state index is -1.82. The van der Waals surface area contributed by atoms with Gasteiger partial charge >= 0.3 is 38.6 Å². The molecule has 0 aromatic rings. The number of rotatable bonds is 3. The molecule has 0 fully saturated rings. The Morgan fingerprint density at radius 1 is 1.64 bits per heavy atom. The SMILES string of the molecule is C=CCCC(C)N.[NH2][Pt]([Cl])[Cl]. The molecule has 0 rings (SSSR count). The van der Waals surface area contributed by atoms with Gasteiger partial charge in [0.25, 0.3) is 0 Å². The summed E-state index contributed by atoms with van der Waals surface area (Å²) >= 11 is -1.82. The van der Waals surface area contributed by atoms with Gasteiger partial charge in [-0.15, -0.1) is 6.58 Å². The molecule has 0 aliphatic rings. The first-order valence-corrected chi connectivity index (χ1v) is 10.00. The van der Waals surface area contributed by atoms with Gasteiger partial charge in [-0.05, 0) is 19.8 Å². The van der Waals surface area contributed by atoms with Gasteiger partial charge in [-0.25, -0.2) is 0 Å². The maximum atomic E-state index is 5.43. The molecule has 2 nitrogen and oxygen atoms in total.